The smallest absolute Gasteiger partial charge is 0.186 e. The van der Waals surface area contributed by atoms with Crippen molar-refractivity contribution in [3.8, 4) is 0 Å². The van der Waals surface area contributed by atoms with Gasteiger partial charge in [-0.1, -0.05) is 39.3 Å². The summed E-state index contributed by atoms with van der Waals surface area (Å²) in [6.45, 7) is 8.45. The lowest BCUT2D eigenvalue weighted by molar-refractivity contribution is -0.303. The van der Waals surface area contributed by atoms with Gasteiger partial charge in [0.1, 0.15) is 24.4 Å². The molecule has 0 bridgehead atoms. The highest BCUT2D eigenvalue weighted by atomic mass is 16.7. The third kappa shape index (κ3) is 5.07. The molecule has 0 radical (unpaired) electrons. The van der Waals surface area contributed by atoms with Gasteiger partial charge in [0.2, 0.25) is 0 Å². The van der Waals surface area contributed by atoms with Crippen LogP contribution in [-0.4, -0.2) is 104 Å². The van der Waals surface area contributed by atoms with E-state index in [1.807, 2.05) is 6.92 Å². The van der Waals surface area contributed by atoms with Gasteiger partial charge in [-0.15, -0.1) is 0 Å². The lowest BCUT2D eigenvalue weighted by Gasteiger charge is -2.59. The molecule has 3 saturated carbocycles. The topological polar surface area (TPSA) is 169 Å². The van der Waals surface area contributed by atoms with Gasteiger partial charge in [0.15, 0.2) is 12.1 Å². The minimum Gasteiger partial charge on any atom is -0.394 e. The van der Waals surface area contributed by atoms with Crippen molar-refractivity contribution in [1.82, 2.24) is 0 Å². The molecule has 5 fully saturated rings. The minimum atomic E-state index is -1.48. The van der Waals surface area contributed by atoms with Gasteiger partial charge in [-0.3, -0.25) is 0 Å². The van der Waals surface area contributed by atoms with Crippen LogP contribution in [0.3, 0.4) is 0 Å². The fraction of sp³-hybridized carbons (Fsp3) is 0.939. The first-order valence-electron chi connectivity index (χ1n) is 16.6. The molecule has 17 atom stereocenters. The summed E-state index contributed by atoms with van der Waals surface area (Å²) in [6, 6.07) is 0. The van der Waals surface area contributed by atoms with E-state index >= 15 is 0 Å². The molecule has 0 aromatic carbocycles. The highest BCUT2D eigenvalue weighted by molar-refractivity contribution is 5.28. The van der Waals surface area contributed by atoms with Crippen LogP contribution in [0.2, 0.25) is 0 Å². The Morgan fingerprint density at radius 3 is 2.51 bits per heavy atom. The summed E-state index contributed by atoms with van der Waals surface area (Å²) in [5, 5.41) is 73.1. The lowest BCUT2D eigenvalue weighted by Crippen LogP contribution is -2.59. The van der Waals surface area contributed by atoms with Crippen molar-refractivity contribution in [3.05, 3.63) is 11.6 Å². The van der Waals surface area contributed by atoms with Gasteiger partial charge in [0.25, 0.3) is 0 Å². The van der Waals surface area contributed by atoms with E-state index in [9.17, 15) is 35.7 Å². The number of hydrogen-bond acceptors (Lipinski definition) is 10. The highest BCUT2D eigenvalue weighted by Gasteiger charge is 2.68. The zero-order valence-electron chi connectivity index (χ0n) is 26.1. The normalized spacial score (nSPS) is 55.1. The second kappa shape index (κ2) is 11.5. The van der Waals surface area contributed by atoms with E-state index in [0.717, 1.165) is 25.7 Å². The molecule has 2 aliphatic heterocycles. The molecular formula is C33H54O10. The van der Waals surface area contributed by atoms with Crippen molar-refractivity contribution in [2.75, 3.05) is 13.2 Å². The molecule has 0 unspecified atom stereocenters. The third-order valence-electron chi connectivity index (χ3n) is 13.3. The summed E-state index contributed by atoms with van der Waals surface area (Å²) in [5.74, 6) is 0.295. The average Bonchev–Trinajstić information content (AvgIpc) is 3.40. The number of aliphatic hydroxyl groups excluding tert-OH is 6. The molecule has 0 amide bonds. The standard InChI is InChI=1S/C33H54O10/c1-16(15-41-30-29(39)28(38)27(37)24(14-34)42-30)7-10-33(40)17(2)26-23(43-33)13-22-20-6-5-18-11-19(35)12-25(36)32(18,4)21(20)8-9-31(22,26)3/h5,16-17,19-30,34-40H,6-15H2,1-4H3/t16-,17-,19+,20+,21-,22-,23-,24+,25+,26-,27+,28-,29+,30+,31-,32-,33+/m0/s1. The molecule has 246 valence electrons. The number of allylic oxidation sites excluding steroid dienone is 1. The van der Waals surface area contributed by atoms with Crippen molar-refractivity contribution < 1.29 is 50.0 Å². The summed E-state index contributed by atoms with van der Waals surface area (Å²) in [4.78, 5) is 0. The van der Waals surface area contributed by atoms with Gasteiger partial charge < -0.3 is 50.0 Å². The number of aliphatic hydroxyl groups is 7. The van der Waals surface area contributed by atoms with Crippen molar-refractivity contribution >= 4 is 0 Å². The van der Waals surface area contributed by atoms with E-state index in [1.54, 1.807) is 0 Å². The fourth-order valence-corrected chi connectivity index (χ4v) is 10.7. The number of ether oxygens (including phenoxy) is 3. The molecule has 6 rings (SSSR count). The molecule has 4 aliphatic carbocycles. The van der Waals surface area contributed by atoms with Crippen LogP contribution in [0.4, 0.5) is 0 Å². The van der Waals surface area contributed by atoms with E-state index in [-0.39, 0.29) is 41.3 Å². The maximum atomic E-state index is 11.8. The Morgan fingerprint density at radius 2 is 1.79 bits per heavy atom. The van der Waals surface area contributed by atoms with E-state index in [1.165, 1.54) is 5.57 Å². The van der Waals surface area contributed by atoms with Gasteiger partial charge in [-0.2, -0.15) is 0 Å². The van der Waals surface area contributed by atoms with E-state index in [0.29, 0.717) is 43.4 Å². The molecule has 0 spiro atoms. The van der Waals surface area contributed by atoms with Crippen LogP contribution in [0.25, 0.3) is 0 Å². The Hall–Kier alpha value is -0.660. The van der Waals surface area contributed by atoms with Crippen LogP contribution in [0.5, 0.6) is 0 Å². The Balaban J connectivity index is 1.07. The van der Waals surface area contributed by atoms with Crippen molar-refractivity contribution in [3.63, 3.8) is 0 Å². The van der Waals surface area contributed by atoms with Crippen LogP contribution < -0.4 is 0 Å². The number of fused-ring (bicyclic) bond motifs is 7. The maximum Gasteiger partial charge on any atom is 0.186 e. The van der Waals surface area contributed by atoms with Crippen molar-refractivity contribution in [1.29, 1.82) is 0 Å². The first kappa shape index (κ1) is 32.3. The van der Waals surface area contributed by atoms with Crippen LogP contribution in [0, 0.1) is 46.3 Å². The molecule has 0 aromatic rings. The predicted octanol–water partition coefficient (Wildman–Crippen LogP) is 1.46. The van der Waals surface area contributed by atoms with Crippen molar-refractivity contribution in [2.45, 2.75) is 134 Å². The number of hydrogen-bond donors (Lipinski definition) is 7. The average molecular weight is 611 g/mol. The second-order valence-electron chi connectivity index (χ2n) is 15.5. The first-order chi connectivity index (χ1) is 20.2. The quantitative estimate of drug-likeness (QED) is 0.210. The molecule has 0 aromatic heterocycles. The van der Waals surface area contributed by atoms with Gasteiger partial charge in [-0.05, 0) is 73.5 Å². The van der Waals surface area contributed by atoms with Gasteiger partial charge in [0, 0.05) is 24.2 Å². The summed E-state index contributed by atoms with van der Waals surface area (Å²) < 4.78 is 17.8. The summed E-state index contributed by atoms with van der Waals surface area (Å²) in [5.41, 5.74) is 1.02. The number of rotatable bonds is 7. The Kier molecular flexibility index (Phi) is 8.67. The lowest BCUT2D eigenvalue weighted by atomic mass is 9.46. The van der Waals surface area contributed by atoms with Crippen LogP contribution >= 0.6 is 0 Å². The third-order valence-corrected chi connectivity index (χ3v) is 13.3. The molecular weight excluding hydrogens is 556 g/mol. The minimum absolute atomic E-state index is 0.00388. The van der Waals surface area contributed by atoms with Gasteiger partial charge >= 0.3 is 0 Å². The van der Waals surface area contributed by atoms with E-state index in [2.05, 4.69) is 26.8 Å². The maximum absolute atomic E-state index is 11.8. The predicted molar refractivity (Wildman–Crippen MR) is 155 cm³/mol. The first-order valence-corrected chi connectivity index (χ1v) is 16.6. The Labute approximate surface area is 255 Å². The van der Waals surface area contributed by atoms with Crippen LogP contribution in [0.15, 0.2) is 11.6 Å². The Morgan fingerprint density at radius 1 is 1.05 bits per heavy atom. The summed E-state index contributed by atoms with van der Waals surface area (Å²) >= 11 is 0. The SMILES string of the molecule is C[C@@H](CC[C@@]1(O)O[C@H]2C[C@H]3[C@@H]4CC=C5C[C@@H](O)C[C@@H](O)[C@]5(C)[C@H]4CC[C@]3(C)[C@H]2[C@@H]1C)CO[C@@H]1O[C@H](CO)[C@@H](O)[C@H](O)[C@H]1O. The van der Waals surface area contributed by atoms with E-state index < -0.39 is 55.3 Å². The van der Waals surface area contributed by atoms with E-state index in [4.69, 9.17) is 14.2 Å². The van der Waals surface area contributed by atoms with Gasteiger partial charge in [0.05, 0.1) is 31.5 Å². The molecule has 7 N–H and O–H groups in total. The highest BCUT2D eigenvalue weighted by Crippen LogP contribution is 2.70. The van der Waals surface area contributed by atoms with Crippen LogP contribution in [0.1, 0.15) is 79.1 Å². The molecule has 2 saturated heterocycles. The molecule has 10 nitrogen and oxygen atoms in total. The molecule has 43 heavy (non-hydrogen) atoms. The molecule has 10 heteroatoms. The fourth-order valence-electron chi connectivity index (χ4n) is 10.7. The summed E-state index contributed by atoms with van der Waals surface area (Å²) in [6.07, 6.45) is 1.00. The van der Waals surface area contributed by atoms with Crippen molar-refractivity contribution in [2.24, 2.45) is 46.3 Å². The molecule has 6 aliphatic rings. The van der Waals surface area contributed by atoms with Gasteiger partial charge in [-0.25, -0.2) is 0 Å². The second-order valence-corrected chi connectivity index (χ2v) is 15.5. The summed E-state index contributed by atoms with van der Waals surface area (Å²) in [7, 11) is 0. The zero-order chi connectivity index (χ0) is 31.1. The zero-order valence-corrected chi connectivity index (χ0v) is 26.1. The Bertz CT molecular complexity index is 1050. The van der Waals surface area contributed by atoms with Crippen LogP contribution in [-0.2, 0) is 14.2 Å². The monoisotopic (exact) mass is 610 g/mol. The molecule has 2 heterocycles. The largest absolute Gasteiger partial charge is 0.394 e.